The Labute approximate surface area is 130 Å². The second kappa shape index (κ2) is 7.43. The highest BCUT2D eigenvalue weighted by Crippen LogP contribution is 2.28. The lowest BCUT2D eigenvalue weighted by Crippen LogP contribution is -2.19. The van der Waals surface area contributed by atoms with Crippen LogP contribution in [0.5, 0.6) is 5.75 Å². The van der Waals surface area contributed by atoms with E-state index in [4.69, 9.17) is 16.3 Å². The van der Waals surface area contributed by atoms with Gasteiger partial charge in [0.2, 0.25) is 0 Å². The first kappa shape index (κ1) is 15.8. The third-order valence-corrected chi connectivity index (χ3v) is 3.61. The Kier molecular flexibility index (Phi) is 5.59. The Morgan fingerprint density at radius 1 is 1.43 bits per heavy atom. The van der Waals surface area contributed by atoms with Gasteiger partial charge < -0.3 is 10.1 Å². The molecule has 0 radical (unpaired) electrons. The second-order valence-electron chi connectivity index (χ2n) is 4.95. The zero-order valence-electron chi connectivity index (χ0n) is 12.6. The molecule has 1 N–H and O–H groups in total. The van der Waals surface area contributed by atoms with Crippen LogP contribution in [0.3, 0.4) is 0 Å². The number of rotatable bonds is 7. The van der Waals surface area contributed by atoms with E-state index < -0.39 is 0 Å². The van der Waals surface area contributed by atoms with E-state index in [1.807, 2.05) is 25.2 Å². The third kappa shape index (κ3) is 4.19. The average Bonchev–Trinajstić information content (AvgIpc) is 2.88. The zero-order chi connectivity index (χ0) is 15.2. The molecule has 0 saturated heterocycles. The number of aromatic nitrogens is 3. The molecule has 1 aromatic carbocycles. The van der Waals surface area contributed by atoms with Crippen molar-refractivity contribution >= 4 is 11.6 Å². The summed E-state index contributed by atoms with van der Waals surface area (Å²) in [6, 6.07) is 6.15. The summed E-state index contributed by atoms with van der Waals surface area (Å²) in [5.74, 6) is 1.42. The van der Waals surface area contributed by atoms with Crippen LogP contribution in [0.1, 0.15) is 37.7 Å². The number of nitrogens with one attached hydrogen (secondary N) is 1. The van der Waals surface area contributed by atoms with Crippen LogP contribution >= 0.6 is 11.6 Å². The molecule has 0 saturated carbocycles. The molecule has 0 aliphatic rings. The summed E-state index contributed by atoms with van der Waals surface area (Å²) in [4.78, 5) is 4.11. The number of benzene rings is 1. The molecule has 0 fully saturated rings. The number of hydrogen-bond acceptors (Lipinski definition) is 4. The Morgan fingerprint density at radius 2 is 2.24 bits per heavy atom. The van der Waals surface area contributed by atoms with Crippen LogP contribution in [-0.2, 0) is 13.7 Å². The summed E-state index contributed by atoms with van der Waals surface area (Å²) in [6.45, 7) is 5.61. The van der Waals surface area contributed by atoms with Crippen molar-refractivity contribution in [1.29, 1.82) is 0 Å². The molecular formula is C15H21ClN4O. The van der Waals surface area contributed by atoms with Crippen LogP contribution in [-0.4, -0.2) is 21.3 Å². The van der Waals surface area contributed by atoms with Crippen molar-refractivity contribution in [3.05, 3.63) is 40.9 Å². The van der Waals surface area contributed by atoms with Crippen molar-refractivity contribution in [3.63, 3.8) is 0 Å². The lowest BCUT2D eigenvalue weighted by atomic mass is 10.1. The average molecular weight is 309 g/mol. The van der Waals surface area contributed by atoms with E-state index in [1.54, 1.807) is 4.68 Å². The van der Waals surface area contributed by atoms with Crippen molar-refractivity contribution in [2.24, 2.45) is 7.05 Å². The molecule has 1 atom stereocenters. The fourth-order valence-electron chi connectivity index (χ4n) is 1.98. The van der Waals surface area contributed by atoms with Crippen LogP contribution in [0.25, 0.3) is 0 Å². The lowest BCUT2D eigenvalue weighted by molar-refractivity contribution is 0.290. The Morgan fingerprint density at radius 3 is 2.86 bits per heavy atom. The fourth-order valence-corrected chi connectivity index (χ4v) is 2.22. The fraction of sp³-hybridized carbons (Fsp3) is 0.467. The quantitative estimate of drug-likeness (QED) is 0.854. The molecule has 2 aromatic rings. The van der Waals surface area contributed by atoms with Gasteiger partial charge in [-0.25, -0.2) is 4.98 Å². The molecule has 21 heavy (non-hydrogen) atoms. The summed E-state index contributed by atoms with van der Waals surface area (Å²) >= 11 is 6.29. The molecule has 1 unspecified atom stereocenters. The Balaban J connectivity index is 2.00. The van der Waals surface area contributed by atoms with Crippen molar-refractivity contribution in [1.82, 2.24) is 20.1 Å². The minimum Gasteiger partial charge on any atom is -0.484 e. The van der Waals surface area contributed by atoms with Gasteiger partial charge in [-0.3, -0.25) is 4.68 Å². The van der Waals surface area contributed by atoms with Crippen molar-refractivity contribution in [2.75, 3.05) is 6.54 Å². The third-order valence-electron chi connectivity index (χ3n) is 3.32. The van der Waals surface area contributed by atoms with Gasteiger partial charge in [-0.1, -0.05) is 24.6 Å². The maximum Gasteiger partial charge on any atom is 0.164 e. The Hall–Kier alpha value is -1.59. The van der Waals surface area contributed by atoms with Gasteiger partial charge >= 0.3 is 0 Å². The smallest absolute Gasteiger partial charge is 0.164 e. The molecule has 1 heterocycles. The molecule has 0 bridgehead atoms. The first-order valence-electron chi connectivity index (χ1n) is 7.10. The van der Waals surface area contributed by atoms with E-state index >= 15 is 0 Å². The molecule has 2 rings (SSSR count). The monoisotopic (exact) mass is 308 g/mol. The second-order valence-corrected chi connectivity index (χ2v) is 5.36. The van der Waals surface area contributed by atoms with Crippen LogP contribution in [0.4, 0.5) is 0 Å². The van der Waals surface area contributed by atoms with Crippen LogP contribution < -0.4 is 10.1 Å². The largest absolute Gasteiger partial charge is 0.484 e. The molecule has 114 valence electrons. The number of hydrogen-bond donors (Lipinski definition) is 1. The molecule has 0 amide bonds. The number of nitrogens with zero attached hydrogens (tertiary/aromatic N) is 3. The molecular weight excluding hydrogens is 288 g/mol. The molecule has 0 aliphatic heterocycles. The van der Waals surface area contributed by atoms with Gasteiger partial charge in [0.25, 0.3) is 0 Å². The van der Waals surface area contributed by atoms with Gasteiger partial charge in [-0.2, -0.15) is 5.10 Å². The molecule has 5 nitrogen and oxygen atoms in total. The number of aryl methyl sites for hydroxylation is 1. The number of halogens is 1. The molecule has 0 spiro atoms. The van der Waals surface area contributed by atoms with Gasteiger partial charge in [-0.05, 0) is 37.6 Å². The molecule has 0 aliphatic carbocycles. The highest BCUT2D eigenvalue weighted by Gasteiger charge is 2.09. The van der Waals surface area contributed by atoms with E-state index in [9.17, 15) is 0 Å². The zero-order valence-corrected chi connectivity index (χ0v) is 13.4. The van der Waals surface area contributed by atoms with Gasteiger partial charge in [0, 0.05) is 13.1 Å². The van der Waals surface area contributed by atoms with Crippen LogP contribution in [0.15, 0.2) is 24.5 Å². The summed E-state index contributed by atoms with van der Waals surface area (Å²) < 4.78 is 7.38. The van der Waals surface area contributed by atoms with Crippen molar-refractivity contribution < 1.29 is 4.74 Å². The summed E-state index contributed by atoms with van der Waals surface area (Å²) in [6.07, 6.45) is 2.61. The molecule has 1 aromatic heterocycles. The lowest BCUT2D eigenvalue weighted by Gasteiger charge is -2.15. The van der Waals surface area contributed by atoms with Crippen LogP contribution in [0.2, 0.25) is 5.02 Å². The summed E-state index contributed by atoms with van der Waals surface area (Å²) in [5, 5.41) is 8.05. The SMILES string of the molecule is CCCNC(C)c1ccc(OCc2ncnn2C)c(Cl)c1. The van der Waals surface area contributed by atoms with E-state index in [0.29, 0.717) is 17.4 Å². The minimum absolute atomic E-state index is 0.273. The maximum atomic E-state index is 6.29. The summed E-state index contributed by atoms with van der Waals surface area (Å²) in [7, 11) is 1.83. The first-order valence-corrected chi connectivity index (χ1v) is 7.48. The molecule has 6 heteroatoms. The van der Waals surface area contributed by atoms with Gasteiger partial charge in [0.1, 0.15) is 18.7 Å². The van der Waals surface area contributed by atoms with E-state index in [2.05, 4.69) is 29.2 Å². The highest BCUT2D eigenvalue weighted by molar-refractivity contribution is 6.32. The standard InChI is InChI=1S/C15H21ClN4O/c1-4-7-17-11(2)12-5-6-14(13(16)8-12)21-9-15-18-10-19-20(15)3/h5-6,8,10-11,17H,4,7,9H2,1-3H3. The van der Waals surface area contributed by atoms with E-state index in [0.717, 1.165) is 24.4 Å². The topological polar surface area (TPSA) is 52.0 Å². The van der Waals surface area contributed by atoms with E-state index in [-0.39, 0.29) is 6.04 Å². The maximum absolute atomic E-state index is 6.29. The van der Waals surface area contributed by atoms with E-state index in [1.165, 1.54) is 6.33 Å². The van der Waals surface area contributed by atoms with Gasteiger partial charge in [0.15, 0.2) is 5.82 Å². The normalized spacial score (nSPS) is 12.4. The van der Waals surface area contributed by atoms with Gasteiger partial charge in [0.05, 0.1) is 5.02 Å². The van der Waals surface area contributed by atoms with Crippen LogP contribution in [0, 0.1) is 0 Å². The first-order chi connectivity index (χ1) is 10.1. The van der Waals surface area contributed by atoms with Gasteiger partial charge in [-0.15, -0.1) is 0 Å². The summed E-state index contributed by atoms with van der Waals surface area (Å²) in [5.41, 5.74) is 1.15. The van der Waals surface area contributed by atoms with Crippen molar-refractivity contribution in [3.8, 4) is 5.75 Å². The predicted octanol–water partition coefficient (Wildman–Crippen LogP) is 3.11. The highest BCUT2D eigenvalue weighted by atomic mass is 35.5. The Bertz CT molecular complexity index is 585. The minimum atomic E-state index is 0.273. The number of ether oxygens (including phenoxy) is 1. The predicted molar refractivity (Wildman–Crippen MR) is 83.5 cm³/mol. The van der Waals surface area contributed by atoms with Crippen molar-refractivity contribution in [2.45, 2.75) is 32.9 Å².